The van der Waals surface area contributed by atoms with Gasteiger partial charge in [0.2, 0.25) is 11.8 Å². The number of hydrogen-bond donors (Lipinski definition) is 1. The molecular weight excluding hydrogens is 377 g/mol. The van der Waals surface area contributed by atoms with Gasteiger partial charge in [-0.3, -0.25) is 19.7 Å². The SMILES string of the molecule is CC(C)NC(=O)[C@H](C)N(Cc1ccccc1F)C(=O)Cc1ccccc1[N+](=O)[O-]. The zero-order valence-corrected chi connectivity index (χ0v) is 16.6. The van der Waals surface area contributed by atoms with Crippen LogP contribution >= 0.6 is 0 Å². The van der Waals surface area contributed by atoms with E-state index in [-0.39, 0.29) is 41.7 Å². The lowest BCUT2D eigenvalue weighted by Crippen LogP contribution is -2.49. The Balaban J connectivity index is 2.33. The van der Waals surface area contributed by atoms with E-state index in [9.17, 15) is 24.1 Å². The number of nitro benzene ring substituents is 1. The lowest BCUT2D eigenvalue weighted by Gasteiger charge is -2.29. The van der Waals surface area contributed by atoms with Gasteiger partial charge in [-0.25, -0.2) is 4.39 Å². The molecule has 2 amide bonds. The van der Waals surface area contributed by atoms with Crippen molar-refractivity contribution in [2.75, 3.05) is 0 Å². The number of carbonyl (C=O) groups excluding carboxylic acids is 2. The number of halogens is 1. The van der Waals surface area contributed by atoms with Gasteiger partial charge in [-0.2, -0.15) is 0 Å². The van der Waals surface area contributed by atoms with Crippen LogP contribution in [0.1, 0.15) is 31.9 Å². The predicted molar refractivity (Wildman–Crippen MR) is 106 cm³/mol. The summed E-state index contributed by atoms with van der Waals surface area (Å²) in [5.74, 6) is -1.38. The number of nitrogens with one attached hydrogen (secondary N) is 1. The highest BCUT2D eigenvalue weighted by atomic mass is 19.1. The summed E-state index contributed by atoms with van der Waals surface area (Å²) in [5, 5.41) is 14.0. The summed E-state index contributed by atoms with van der Waals surface area (Å²) in [5.41, 5.74) is 0.316. The van der Waals surface area contributed by atoms with Crippen LogP contribution in [0.25, 0.3) is 0 Å². The maximum atomic E-state index is 14.2. The molecular formula is C21H24FN3O4. The van der Waals surface area contributed by atoms with Gasteiger partial charge in [-0.15, -0.1) is 0 Å². The maximum Gasteiger partial charge on any atom is 0.273 e. The van der Waals surface area contributed by atoms with Crippen molar-refractivity contribution < 1.29 is 18.9 Å². The third-order valence-electron chi connectivity index (χ3n) is 4.43. The number of para-hydroxylation sites is 1. The molecule has 154 valence electrons. The van der Waals surface area contributed by atoms with Crippen LogP contribution in [0, 0.1) is 15.9 Å². The van der Waals surface area contributed by atoms with E-state index < -0.39 is 22.7 Å². The first-order valence-corrected chi connectivity index (χ1v) is 9.26. The molecule has 1 atom stereocenters. The molecule has 0 heterocycles. The lowest BCUT2D eigenvalue weighted by atomic mass is 10.1. The fourth-order valence-electron chi connectivity index (χ4n) is 2.90. The average molecular weight is 401 g/mol. The largest absolute Gasteiger partial charge is 0.352 e. The first kappa shape index (κ1) is 22.0. The Labute approximate surface area is 168 Å². The van der Waals surface area contributed by atoms with Gasteiger partial charge in [-0.05, 0) is 26.8 Å². The molecule has 0 saturated carbocycles. The second-order valence-corrected chi connectivity index (χ2v) is 7.01. The van der Waals surface area contributed by atoms with Crippen molar-refractivity contribution in [3.05, 3.63) is 75.6 Å². The molecule has 0 radical (unpaired) electrons. The third-order valence-corrected chi connectivity index (χ3v) is 4.43. The van der Waals surface area contributed by atoms with E-state index in [1.807, 2.05) is 0 Å². The summed E-state index contributed by atoms with van der Waals surface area (Å²) in [6.45, 7) is 5.01. The van der Waals surface area contributed by atoms with Gasteiger partial charge in [-0.1, -0.05) is 36.4 Å². The number of nitro groups is 1. The standard InChI is InChI=1S/C21H24FN3O4/c1-14(2)23-21(27)15(3)24(13-17-9-4-6-10-18(17)22)20(26)12-16-8-5-7-11-19(16)25(28)29/h4-11,14-15H,12-13H2,1-3H3,(H,23,27)/t15-/m0/s1. The molecule has 2 rings (SSSR count). The van der Waals surface area contributed by atoms with Crippen LogP contribution < -0.4 is 5.32 Å². The van der Waals surface area contributed by atoms with Gasteiger partial charge in [0.25, 0.3) is 5.69 Å². The molecule has 29 heavy (non-hydrogen) atoms. The van der Waals surface area contributed by atoms with Crippen molar-refractivity contribution >= 4 is 17.5 Å². The van der Waals surface area contributed by atoms with Gasteiger partial charge in [0, 0.05) is 29.8 Å². The minimum atomic E-state index is -0.882. The van der Waals surface area contributed by atoms with Crippen LogP contribution in [0.5, 0.6) is 0 Å². The predicted octanol–water partition coefficient (Wildman–Crippen LogP) is 3.22. The van der Waals surface area contributed by atoms with Gasteiger partial charge in [0.15, 0.2) is 0 Å². The van der Waals surface area contributed by atoms with Crippen LogP contribution in [0.2, 0.25) is 0 Å². The number of nitrogens with zero attached hydrogens (tertiary/aromatic N) is 2. The summed E-state index contributed by atoms with van der Waals surface area (Å²) in [6.07, 6.45) is -0.273. The average Bonchev–Trinajstić information content (AvgIpc) is 2.66. The molecule has 0 aliphatic carbocycles. The van der Waals surface area contributed by atoms with Gasteiger partial charge >= 0.3 is 0 Å². The van der Waals surface area contributed by atoms with Crippen LogP contribution in [-0.2, 0) is 22.6 Å². The molecule has 0 saturated heterocycles. The molecule has 0 unspecified atom stereocenters. The fraction of sp³-hybridized carbons (Fsp3) is 0.333. The van der Waals surface area contributed by atoms with Crippen molar-refractivity contribution in [3.8, 4) is 0 Å². The van der Waals surface area contributed by atoms with Gasteiger partial charge < -0.3 is 10.2 Å². The topological polar surface area (TPSA) is 92.6 Å². The summed E-state index contributed by atoms with van der Waals surface area (Å²) >= 11 is 0. The molecule has 0 aliphatic heterocycles. The molecule has 1 N–H and O–H groups in total. The highest BCUT2D eigenvalue weighted by Crippen LogP contribution is 2.21. The van der Waals surface area contributed by atoms with E-state index >= 15 is 0 Å². The second kappa shape index (κ2) is 9.77. The maximum absolute atomic E-state index is 14.2. The Bertz CT molecular complexity index is 901. The number of carbonyl (C=O) groups is 2. The Morgan fingerprint density at radius 1 is 1.07 bits per heavy atom. The Morgan fingerprint density at radius 3 is 2.24 bits per heavy atom. The number of amides is 2. The van der Waals surface area contributed by atoms with E-state index in [1.165, 1.54) is 41.3 Å². The van der Waals surface area contributed by atoms with E-state index in [1.54, 1.807) is 32.9 Å². The van der Waals surface area contributed by atoms with Crippen LogP contribution in [0.3, 0.4) is 0 Å². The summed E-state index contributed by atoms with van der Waals surface area (Å²) in [6, 6.07) is 10.9. The van der Waals surface area contributed by atoms with Crippen LogP contribution in [-0.4, -0.2) is 33.7 Å². The normalized spacial score (nSPS) is 11.8. The molecule has 7 nitrogen and oxygen atoms in total. The summed E-state index contributed by atoms with van der Waals surface area (Å²) in [7, 11) is 0. The zero-order chi connectivity index (χ0) is 21.6. The smallest absolute Gasteiger partial charge is 0.273 e. The molecule has 8 heteroatoms. The number of hydrogen-bond acceptors (Lipinski definition) is 4. The van der Waals surface area contributed by atoms with Crippen molar-refractivity contribution in [2.45, 2.75) is 45.8 Å². The first-order valence-electron chi connectivity index (χ1n) is 9.26. The Hall–Kier alpha value is -3.29. The summed E-state index contributed by atoms with van der Waals surface area (Å²) in [4.78, 5) is 37.5. The molecule has 0 aliphatic rings. The van der Waals surface area contributed by atoms with E-state index in [2.05, 4.69) is 5.32 Å². The molecule has 0 aromatic heterocycles. The van der Waals surface area contributed by atoms with E-state index in [0.29, 0.717) is 0 Å². The summed E-state index contributed by atoms with van der Waals surface area (Å²) < 4.78 is 14.2. The monoisotopic (exact) mass is 401 g/mol. The Morgan fingerprint density at radius 2 is 1.66 bits per heavy atom. The second-order valence-electron chi connectivity index (χ2n) is 7.01. The Kier molecular flexibility index (Phi) is 7.41. The van der Waals surface area contributed by atoms with Crippen LogP contribution in [0.4, 0.5) is 10.1 Å². The minimum Gasteiger partial charge on any atom is -0.352 e. The number of rotatable bonds is 8. The highest BCUT2D eigenvalue weighted by Gasteiger charge is 2.28. The minimum absolute atomic E-state index is 0.126. The molecule has 2 aromatic carbocycles. The zero-order valence-electron chi connectivity index (χ0n) is 16.6. The van der Waals surface area contributed by atoms with Gasteiger partial charge in [0.05, 0.1) is 11.3 Å². The fourth-order valence-corrected chi connectivity index (χ4v) is 2.90. The third kappa shape index (κ3) is 5.84. The number of benzene rings is 2. The van der Waals surface area contributed by atoms with E-state index in [0.717, 1.165) is 0 Å². The molecule has 2 aromatic rings. The highest BCUT2D eigenvalue weighted by molar-refractivity contribution is 5.88. The lowest BCUT2D eigenvalue weighted by molar-refractivity contribution is -0.385. The van der Waals surface area contributed by atoms with Crippen molar-refractivity contribution in [1.29, 1.82) is 0 Å². The van der Waals surface area contributed by atoms with Crippen molar-refractivity contribution in [1.82, 2.24) is 10.2 Å². The van der Waals surface area contributed by atoms with Gasteiger partial charge in [0.1, 0.15) is 11.9 Å². The quantitative estimate of drug-likeness (QED) is 0.543. The van der Waals surface area contributed by atoms with E-state index in [4.69, 9.17) is 0 Å². The molecule has 0 bridgehead atoms. The molecule has 0 fully saturated rings. The first-order chi connectivity index (χ1) is 13.7. The molecule has 0 spiro atoms. The van der Waals surface area contributed by atoms with Crippen molar-refractivity contribution in [2.24, 2.45) is 0 Å². The van der Waals surface area contributed by atoms with Crippen molar-refractivity contribution in [3.63, 3.8) is 0 Å². The van der Waals surface area contributed by atoms with Crippen LogP contribution in [0.15, 0.2) is 48.5 Å².